The van der Waals surface area contributed by atoms with Crippen molar-refractivity contribution in [3.8, 4) is 0 Å². The Bertz CT molecular complexity index is 704. The molecule has 0 aliphatic rings. The van der Waals surface area contributed by atoms with Crippen LogP contribution in [-0.4, -0.2) is 22.4 Å². The van der Waals surface area contributed by atoms with Crippen molar-refractivity contribution >= 4 is 28.9 Å². The molecular weight excluding hydrogens is 340 g/mol. The second-order valence-electron chi connectivity index (χ2n) is 4.21. The Morgan fingerprint density at radius 1 is 1.00 bits per heavy atom. The van der Waals surface area contributed by atoms with E-state index in [1.54, 1.807) is 19.1 Å². The van der Waals surface area contributed by atoms with Crippen LogP contribution in [0.5, 0.6) is 0 Å². The number of rotatable bonds is 4. The highest BCUT2D eigenvalue weighted by atomic mass is 35.5. The Morgan fingerprint density at radius 2 is 1.50 bits per heavy atom. The van der Waals surface area contributed by atoms with E-state index in [1.165, 1.54) is 6.07 Å². The van der Waals surface area contributed by atoms with E-state index in [1.807, 2.05) is 18.2 Å². The van der Waals surface area contributed by atoms with E-state index < -0.39 is 26.2 Å². The predicted octanol–water partition coefficient (Wildman–Crippen LogP) is 4.02. The molecule has 0 N–H and O–H groups in total. The van der Waals surface area contributed by atoms with E-state index in [9.17, 15) is 25.0 Å². The summed E-state index contributed by atoms with van der Waals surface area (Å²) in [6.45, 7) is 2.22. The summed E-state index contributed by atoms with van der Waals surface area (Å²) < 4.78 is 4.79. The van der Waals surface area contributed by atoms with Crippen LogP contribution in [0.2, 0.25) is 5.02 Å². The molecule has 0 amide bonds. The Labute approximate surface area is 141 Å². The van der Waals surface area contributed by atoms with Crippen LogP contribution in [0.4, 0.5) is 11.4 Å². The molecule has 0 aliphatic heterocycles. The third kappa shape index (κ3) is 5.33. The van der Waals surface area contributed by atoms with Crippen molar-refractivity contribution in [3.05, 3.63) is 79.3 Å². The monoisotopic (exact) mass is 352 g/mol. The number of nitrogens with zero attached hydrogens (tertiary/aromatic N) is 2. The van der Waals surface area contributed by atoms with Crippen molar-refractivity contribution in [2.75, 3.05) is 6.61 Å². The summed E-state index contributed by atoms with van der Waals surface area (Å²) in [7, 11) is 0. The van der Waals surface area contributed by atoms with Gasteiger partial charge in [-0.25, -0.2) is 4.79 Å². The van der Waals surface area contributed by atoms with Crippen molar-refractivity contribution < 1.29 is 19.4 Å². The second kappa shape index (κ2) is 9.21. The number of carbonyl (C=O) groups is 1. The summed E-state index contributed by atoms with van der Waals surface area (Å²) >= 11 is 5.42. The van der Waals surface area contributed by atoms with Gasteiger partial charge in [-0.3, -0.25) is 20.2 Å². The number of esters is 1. The normalized spacial score (nSPS) is 9.42. The number of ether oxygens (including phenoxy) is 1. The fourth-order valence-corrected chi connectivity index (χ4v) is 1.84. The quantitative estimate of drug-likeness (QED) is 0.466. The number of hydrogen-bond acceptors (Lipinski definition) is 6. The van der Waals surface area contributed by atoms with Gasteiger partial charge in [-0.15, -0.1) is 0 Å². The Kier molecular flexibility index (Phi) is 7.31. The highest BCUT2D eigenvalue weighted by Crippen LogP contribution is 2.32. The number of nitro benzene ring substituents is 2. The molecule has 0 atom stereocenters. The summed E-state index contributed by atoms with van der Waals surface area (Å²) in [6, 6.07) is 12.4. The van der Waals surface area contributed by atoms with Crippen LogP contribution in [-0.2, 0) is 4.74 Å². The minimum absolute atomic E-state index is 0.256. The maximum Gasteiger partial charge on any atom is 0.338 e. The maximum absolute atomic E-state index is 11.0. The molecule has 0 fully saturated rings. The van der Waals surface area contributed by atoms with Gasteiger partial charge in [0.2, 0.25) is 0 Å². The minimum Gasteiger partial charge on any atom is -0.462 e. The summed E-state index contributed by atoms with van der Waals surface area (Å²) in [5.74, 6) is -0.256. The lowest BCUT2D eigenvalue weighted by atomic mass is 10.2. The zero-order chi connectivity index (χ0) is 18.1. The molecule has 0 aliphatic carbocycles. The molecule has 0 bridgehead atoms. The highest BCUT2D eigenvalue weighted by molar-refractivity contribution is 6.34. The lowest BCUT2D eigenvalue weighted by Gasteiger charge is -1.99. The van der Waals surface area contributed by atoms with Gasteiger partial charge in [0.25, 0.3) is 11.4 Å². The standard InChI is InChI=1S/C9H10O2.C6H3ClN2O4/c1-2-11-9(10)8-6-4-3-5-7-8;7-6-4(8(10)11)2-1-3-5(6)9(12)13/h3-7H,2H2,1H3;1-3H. The number of nitro groups is 2. The molecule has 2 rings (SSSR count). The smallest absolute Gasteiger partial charge is 0.338 e. The van der Waals surface area contributed by atoms with E-state index in [2.05, 4.69) is 0 Å². The Balaban J connectivity index is 0.000000243. The molecule has 8 nitrogen and oxygen atoms in total. The van der Waals surface area contributed by atoms with Gasteiger partial charge in [0, 0.05) is 12.1 Å². The average molecular weight is 353 g/mol. The van der Waals surface area contributed by atoms with Crippen molar-refractivity contribution in [1.29, 1.82) is 0 Å². The van der Waals surface area contributed by atoms with Crippen LogP contribution in [0.1, 0.15) is 17.3 Å². The van der Waals surface area contributed by atoms with Crippen LogP contribution in [0.15, 0.2) is 48.5 Å². The van der Waals surface area contributed by atoms with Crippen LogP contribution >= 0.6 is 11.6 Å². The molecular formula is C15H13ClN2O6. The van der Waals surface area contributed by atoms with E-state index in [-0.39, 0.29) is 5.97 Å². The van der Waals surface area contributed by atoms with E-state index in [0.29, 0.717) is 12.2 Å². The average Bonchev–Trinajstić information content (AvgIpc) is 2.56. The van der Waals surface area contributed by atoms with Gasteiger partial charge in [0.15, 0.2) is 5.02 Å². The molecule has 0 unspecified atom stereocenters. The molecule has 2 aromatic carbocycles. The molecule has 0 radical (unpaired) electrons. The summed E-state index contributed by atoms with van der Waals surface area (Å²) in [6.07, 6.45) is 0. The van der Waals surface area contributed by atoms with Gasteiger partial charge < -0.3 is 4.74 Å². The lowest BCUT2D eigenvalue weighted by molar-refractivity contribution is -0.393. The first-order valence-electron chi connectivity index (χ1n) is 6.68. The largest absolute Gasteiger partial charge is 0.462 e. The predicted molar refractivity (Wildman–Crippen MR) is 87.2 cm³/mol. The third-order valence-corrected chi connectivity index (χ3v) is 3.02. The first-order valence-corrected chi connectivity index (χ1v) is 7.05. The molecule has 2 aromatic rings. The third-order valence-electron chi connectivity index (χ3n) is 2.64. The van der Waals surface area contributed by atoms with Gasteiger partial charge in [-0.1, -0.05) is 29.8 Å². The van der Waals surface area contributed by atoms with Gasteiger partial charge in [-0.05, 0) is 25.1 Å². The van der Waals surface area contributed by atoms with Gasteiger partial charge >= 0.3 is 5.97 Å². The van der Waals surface area contributed by atoms with Gasteiger partial charge in [-0.2, -0.15) is 0 Å². The minimum atomic E-state index is -0.769. The molecule has 0 saturated carbocycles. The number of hydrogen-bond donors (Lipinski definition) is 0. The van der Waals surface area contributed by atoms with Crippen molar-refractivity contribution in [2.45, 2.75) is 6.92 Å². The summed E-state index contributed by atoms with van der Waals surface area (Å²) in [4.78, 5) is 30.1. The fraction of sp³-hybridized carbons (Fsp3) is 0.133. The molecule has 9 heteroatoms. The summed E-state index contributed by atoms with van der Waals surface area (Å²) in [5.41, 5.74) is -0.318. The van der Waals surface area contributed by atoms with Crippen LogP contribution in [0, 0.1) is 20.2 Å². The molecule has 0 heterocycles. The lowest BCUT2D eigenvalue weighted by Crippen LogP contribution is -2.03. The Morgan fingerprint density at radius 3 is 1.92 bits per heavy atom. The first kappa shape index (κ1) is 19.0. The van der Waals surface area contributed by atoms with Crippen LogP contribution in [0.3, 0.4) is 0 Å². The maximum atomic E-state index is 11.0. The van der Waals surface area contributed by atoms with Crippen LogP contribution < -0.4 is 0 Å². The Hall–Kier alpha value is -3.00. The van der Waals surface area contributed by atoms with E-state index >= 15 is 0 Å². The van der Waals surface area contributed by atoms with Gasteiger partial charge in [0.1, 0.15) is 0 Å². The van der Waals surface area contributed by atoms with Gasteiger partial charge in [0.05, 0.1) is 22.0 Å². The highest BCUT2D eigenvalue weighted by Gasteiger charge is 2.22. The van der Waals surface area contributed by atoms with E-state index in [4.69, 9.17) is 16.3 Å². The fourth-order valence-electron chi connectivity index (χ4n) is 1.58. The molecule has 0 saturated heterocycles. The zero-order valence-electron chi connectivity index (χ0n) is 12.5. The SMILES string of the molecule is CCOC(=O)c1ccccc1.O=[N+]([O-])c1cccc([N+](=O)[O-])c1Cl. The summed E-state index contributed by atoms with van der Waals surface area (Å²) in [5, 5.41) is 20.1. The van der Waals surface area contributed by atoms with Crippen LogP contribution in [0.25, 0.3) is 0 Å². The van der Waals surface area contributed by atoms with E-state index in [0.717, 1.165) is 12.1 Å². The number of benzene rings is 2. The van der Waals surface area contributed by atoms with Crippen molar-refractivity contribution in [3.63, 3.8) is 0 Å². The zero-order valence-corrected chi connectivity index (χ0v) is 13.3. The molecule has 0 aromatic heterocycles. The molecule has 126 valence electrons. The van der Waals surface area contributed by atoms with Crippen molar-refractivity contribution in [1.82, 2.24) is 0 Å². The van der Waals surface area contributed by atoms with Crippen molar-refractivity contribution in [2.24, 2.45) is 0 Å². The second-order valence-corrected chi connectivity index (χ2v) is 4.59. The number of halogens is 1. The molecule has 0 spiro atoms. The molecule has 24 heavy (non-hydrogen) atoms. The number of carbonyl (C=O) groups excluding carboxylic acids is 1. The topological polar surface area (TPSA) is 113 Å². The first-order chi connectivity index (χ1) is 11.4.